The SMILES string of the molecule is C=CCN(C(=O)C1N(CCCCO)C(=O)[C@@H]2[C@@H](C(=O)N(CC=C)c3ccc(OCC)cc3)[C@@]3(C)CCC12S3)c1ccc(Cl)cc1. The molecule has 3 aliphatic rings. The summed E-state index contributed by atoms with van der Waals surface area (Å²) in [7, 11) is 0. The molecule has 2 bridgehead atoms. The molecular formula is C35H42ClN3O5S. The molecule has 3 saturated heterocycles. The largest absolute Gasteiger partial charge is 0.494 e. The van der Waals surface area contributed by atoms with Gasteiger partial charge >= 0.3 is 0 Å². The van der Waals surface area contributed by atoms with Gasteiger partial charge in [-0.15, -0.1) is 24.9 Å². The quantitative estimate of drug-likeness (QED) is 0.207. The van der Waals surface area contributed by atoms with Gasteiger partial charge in [-0.25, -0.2) is 0 Å². The van der Waals surface area contributed by atoms with Gasteiger partial charge in [0.1, 0.15) is 11.8 Å². The van der Waals surface area contributed by atoms with Gasteiger partial charge in [-0.3, -0.25) is 14.4 Å². The van der Waals surface area contributed by atoms with Crippen LogP contribution in [0.25, 0.3) is 0 Å². The number of anilines is 2. The van der Waals surface area contributed by atoms with E-state index in [0.29, 0.717) is 61.0 Å². The summed E-state index contributed by atoms with van der Waals surface area (Å²) in [6.07, 6.45) is 5.77. The normalized spacial score (nSPS) is 26.4. The third-order valence-electron chi connectivity index (χ3n) is 9.34. The Morgan fingerprint density at radius 3 is 2.20 bits per heavy atom. The maximum Gasteiger partial charge on any atom is 0.251 e. The van der Waals surface area contributed by atoms with E-state index < -0.39 is 27.4 Å². The van der Waals surface area contributed by atoms with Crippen LogP contribution in [-0.2, 0) is 14.4 Å². The smallest absolute Gasteiger partial charge is 0.251 e. The zero-order valence-electron chi connectivity index (χ0n) is 26.0. The monoisotopic (exact) mass is 651 g/mol. The van der Waals surface area contributed by atoms with Gasteiger partial charge in [-0.1, -0.05) is 23.8 Å². The molecule has 8 nitrogen and oxygen atoms in total. The van der Waals surface area contributed by atoms with Gasteiger partial charge in [-0.2, -0.15) is 0 Å². The van der Waals surface area contributed by atoms with E-state index in [1.807, 2.05) is 31.2 Å². The number of fused-ring (bicyclic) bond motifs is 1. The first-order valence-electron chi connectivity index (χ1n) is 15.6. The van der Waals surface area contributed by atoms with Crippen molar-refractivity contribution in [2.75, 3.05) is 42.6 Å². The number of aliphatic hydroxyl groups excluding tert-OH is 1. The molecule has 0 radical (unpaired) electrons. The Morgan fingerprint density at radius 1 is 1.02 bits per heavy atom. The van der Waals surface area contributed by atoms with Gasteiger partial charge in [0.05, 0.1) is 23.2 Å². The number of halogens is 1. The van der Waals surface area contributed by atoms with Crippen LogP contribution in [0.1, 0.15) is 39.5 Å². The van der Waals surface area contributed by atoms with Crippen molar-refractivity contribution in [3.8, 4) is 5.75 Å². The zero-order chi connectivity index (χ0) is 32.4. The average molecular weight is 652 g/mol. The van der Waals surface area contributed by atoms with Gasteiger partial charge in [0.15, 0.2) is 0 Å². The van der Waals surface area contributed by atoms with Gasteiger partial charge < -0.3 is 24.5 Å². The molecule has 2 unspecified atom stereocenters. The lowest BCUT2D eigenvalue weighted by Gasteiger charge is -2.38. The number of hydrogen-bond acceptors (Lipinski definition) is 6. The lowest BCUT2D eigenvalue weighted by Crippen LogP contribution is -2.55. The number of hydrogen-bond donors (Lipinski definition) is 1. The molecule has 0 aliphatic carbocycles. The minimum atomic E-state index is -0.771. The van der Waals surface area contributed by atoms with E-state index >= 15 is 0 Å². The van der Waals surface area contributed by atoms with E-state index in [4.69, 9.17) is 16.3 Å². The number of carbonyl (C=O) groups excluding carboxylic acids is 3. The second-order valence-corrected chi connectivity index (χ2v) is 14.4. The van der Waals surface area contributed by atoms with Gasteiger partial charge in [0.2, 0.25) is 11.8 Å². The molecule has 0 aromatic heterocycles. The predicted molar refractivity (Wildman–Crippen MR) is 181 cm³/mol. The van der Waals surface area contributed by atoms with Crippen LogP contribution >= 0.6 is 23.4 Å². The third kappa shape index (κ3) is 5.90. The number of likely N-dealkylation sites (tertiary alicyclic amines) is 1. The highest BCUT2D eigenvalue weighted by Crippen LogP contribution is 2.71. The van der Waals surface area contributed by atoms with Gasteiger partial charge in [0.25, 0.3) is 5.91 Å². The summed E-state index contributed by atoms with van der Waals surface area (Å²) >= 11 is 7.81. The van der Waals surface area contributed by atoms with Crippen LogP contribution in [0.5, 0.6) is 5.75 Å². The number of amides is 3. The van der Waals surface area contributed by atoms with E-state index in [0.717, 1.165) is 0 Å². The topological polar surface area (TPSA) is 90.4 Å². The molecule has 3 heterocycles. The Kier molecular flexibility index (Phi) is 10.0. The summed E-state index contributed by atoms with van der Waals surface area (Å²) in [5.74, 6) is -1.08. The first kappa shape index (κ1) is 33.1. The first-order chi connectivity index (χ1) is 21.7. The Hall–Kier alpha value is -3.27. The fourth-order valence-corrected chi connectivity index (χ4v) is 9.91. The molecule has 2 aromatic rings. The van der Waals surface area contributed by atoms with E-state index in [1.54, 1.807) is 62.9 Å². The van der Waals surface area contributed by atoms with Crippen LogP contribution in [0.15, 0.2) is 73.8 Å². The second kappa shape index (κ2) is 13.6. The lowest BCUT2D eigenvalue weighted by molar-refractivity contribution is -0.139. The molecule has 3 aliphatic heterocycles. The molecule has 0 saturated carbocycles. The highest BCUT2D eigenvalue weighted by atomic mass is 35.5. The molecule has 10 heteroatoms. The summed E-state index contributed by atoms with van der Waals surface area (Å²) < 4.78 is 4.31. The van der Waals surface area contributed by atoms with Crippen LogP contribution in [0.3, 0.4) is 0 Å². The van der Waals surface area contributed by atoms with Crippen LogP contribution in [0.4, 0.5) is 11.4 Å². The Balaban J connectivity index is 1.55. The summed E-state index contributed by atoms with van der Waals surface area (Å²) in [6, 6.07) is 13.7. The summed E-state index contributed by atoms with van der Waals surface area (Å²) in [4.78, 5) is 49.0. The lowest BCUT2D eigenvalue weighted by atomic mass is 9.66. The Labute approximate surface area is 275 Å². The molecular weight excluding hydrogens is 610 g/mol. The molecule has 1 N–H and O–H groups in total. The molecule has 45 heavy (non-hydrogen) atoms. The van der Waals surface area contributed by atoms with Crippen LogP contribution < -0.4 is 14.5 Å². The maximum atomic E-state index is 14.7. The Bertz CT molecular complexity index is 1440. The van der Waals surface area contributed by atoms with E-state index in [2.05, 4.69) is 20.1 Å². The fourth-order valence-electron chi connectivity index (χ4n) is 7.44. The number of unbranched alkanes of at least 4 members (excludes halogenated alkanes) is 1. The van der Waals surface area contributed by atoms with Crippen LogP contribution in [0, 0.1) is 11.8 Å². The number of rotatable bonds is 14. The molecule has 5 atom stereocenters. The summed E-state index contributed by atoms with van der Waals surface area (Å²) in [6.45, 7) is 13.2. The number of benzene rings is 2. The van der Waals surface area contributed by atoms with E-state index in [9.17, 15) is 19.5 Å². The van der Waals surface area contributed by atoms with E-state index in [-0.39, 0.29) is 37.4 Å². The summed E-state index contributed by atoms with van der Waals surface area (Å²) in [5, 5.41) is 10.1. The zero-order valence-corrected chi connectivity index (χ0v) is 27.6. The molecule has 3 fully saturated rings. The summed E-state index contributed by atoms with van der Waals surface area (Å²) in [5.41, 5.74) is 1.36. The fraction of sp³-hybridized carbons (Fsp3) is 0.457. The molecule has 240 valence electrons. The van der Waals surface area contributed by atoms with Crippen LogP contribution in [0.2, 0.25) is 5.02 Å². The predicted octanol–water partition coefficient (Wildman–Crippen LogP) is 5.73. The maximum absolute atomic E-state index is 14.7. The van der Waals surface area contributed by atoms with Crippen molar-refractivity contribution in [3.05, 3.63) is 78.9 Å². The molecule has 1 spiro atoms. The average Bonchev–Trinajstić information content (AvgIpc) is 3.60. The van der Waals surface area contributed by atoms with Crippen molar-refractivity contribution in [2.45, 2.75) is 55.1 Å². The number of thioether (sulfide) groups is 1. The number of aliphatic hydroxyl groups is 1. The highest BCUT2D eigenvalue weighted by molar-refractivity contribution is 8.02. The van der Waals surface area contributed by atoms with Crippen molar-refractivity contribution in [1.82, 2.24) is 4.90 Å². The van der Waals surface area contributed by atoms with Crippen molar-refractivity contribution in [2.24, 2.45) is 11.8 Å². The third-order valence-corrected chi connectivity index (χ3v) is 11.6. The number of ether oxygens (including phenoxy) is 1. The van der Waals surface area contributed by atoms with Crippen molar-refractivity contribution in [1.29, 1.82) is 0 Å². The molecule has 3 amide bonds. The standard InChI is InChI=1S/C35H42ClN3O5S/c1-5-20-37(26-14-16-27(17-15-26)44-7-3)31(41)28-29-32(42)39(22-8-9-23-40)30(35(29)19-18-34(28,4)45-35)33(43)38(21-6-2)25-12-10-24(36)11-13-25/h5-6,10-17,28-30,40H,1-2,7-9,18-23H2,3-4H3/t28-,29-,30?,34+,35?/m0/s1. The van der Waals surface area contributed by atoms with Crippen LogP contribution in [-0.4, -0.2) is 76.1 Å². The molecule has 2 aromatic carbocycles. The first-order valence-corrected chi connectivity index (χ1v) is 16.8. The Morgan fingerprint density at radius 2 is 1.62 bits per heavy atom. The van der Waals surface area contributed by atoms with Gasteiger partial charge in [-0.05, 0) is 88.1 Å². The number of carbonyl (C=O) groups is 3. The minimum Gasteiger partial charge on any atom is -0.494 e. The van der Waals surface area contributed by atoms with Crippen molar-refractivity contribution < 1.29 is 24.2 Å². The highest BCUT2D eigenvalue weighted by Gasteiger charge is 2.77. The number of nitrogens with zero attached hydrogens (tertiary/aromatic N) is 3. The molecule has 5 rings (SSSR count). The van der Waals surface area contributed by atoms with E-state index in [1.165, 1.54) is 0 Å². The van der Waals surface area contributed by atoms with Crippen molar-refractivity contribution >= 4 is 52.5 Å². The van der Waals surface area contributed by atoms with Gasteiger partial charge in [0, 0.05) is 47.4 Å². The van der Waals surface area contributed by atoms with Crippen molar-refractivity contribution in [3.63, 3.8) is 0 Å². The minimum absolute atomic E-state index is 0.00485. The second-order valence-electron chi connectivity index (χ2n) is 12.1.